The van der Waals surface area contributed by atoms with E-state index in [4.69, 9.17) is 0 Å². The minimum Gasteiger partial charge on any atom is -0.326 e. The van der Waals surface area contributed by atoms with E-state index in [0.717, 1.165) is 39.8 Å². The number of carbonyl (C=O) groups is 1. The fourth-order valence-corrected chi connectivity index (χ4v) is 4.34. The second-order valence-electron chi connectivity index (χ2n) is 7.20. The number of pyridine rings is 1. The number of hydrogen-bond donors (Lipinski definition) is 1. The number of alkyl halides is 3. The highest BCUT2D eigenvalue weighted by molar-refractivity contribution is 7.99. The van der Waals surface area contributed by atoms with Gasteiger partial charge >= 0.3 is 6.18 Å². The lowest BCUT2D eigenvalue weighted by molar-refractivity contribution is -0.137. The number of thioether (sulfide) groups is 1. The predicted octanol–water partition coefficient (Wildman–Crippen LogP) is 5.64. The number of hydrogen-bond acceptors (Lipinski definition) is 4. The first kappa shape index (κ1) is 21.2. The van der Waals surface area contributed by atoms with Crippen LogP contribution in [0.2, 0.25) is 0 Å². The van der Waals surface area contributed by atoms with Crippen molar-refractivity contribution in [2.24, 2.45) is 0 Å². The summed E-state index contributed by atoms with van der Waals surface area (Å²) in [7, 11) is 0. The Bertz CT molecular complexity index is 1280. The Kier molecular flexibility index (Phi) is 5.62. The molecule has 0 bridgehead atoms. The average molecular weight is 444 g/mol. The number of rotatable bonds is 5. The summed E-state index contributed by atoms with van der Waals surface area (Å²) in [5.41, 5.74) is 3.28. The molecule has 2 aromatic heterocycles. The van der Waals surface area contributed by atoms with E-state index in [1.165, 1.54) is 23.9 Å². The molecule has 0 aliphatic heterocycles. The van der Waals surface area contributed by atoms with Gasteiger partial charge in [0.25, 0.3) is 0 Å². The Morgan fingerprint density at radius 1 is 1.06 bits per heavy atom. The van der Waals surface area contributed by atoms with Crippen LogP contribution in [0.1, 0.15) is 23.1 Å². The molecule has 4 aromatic rings. The van der Waals surface area contributed by atoms with Crippen LogP contribution in [0.4, 0.5) is 18.9 Å². The molecule has 1 amide bonds. The summed E-state index contributed by atoms with van der Waals surface area (Å²) < 4.78 is 40.5. The number of halogens is 3. The topological polar surface area (TPSA) is 59.3 Å². The Labute approximate surface area is 180 Å². The minimum absolute atomic E-state index is 0.120. The largest absolute Gasteiger partial charge is 0.416 e. The summed E-state index contributed by atoms with van der Waals surface area (Å²) in [6.45, 7) is 4.06. The molecule has 0 fully saturated rings. The maximum atomic E-state index is 12.8. The molecule has 0 atom stereocenters. The second kappa shape index (κ2) is 8.22. The zero-order chi connectivity index (χ0) is 22.2. The van der Waals surface area contributed by atoms with Gasteiger partial charge in [-0.25, -0.2) is 0 Å². The van der Waals surface area contributed by atoms with Gasteiger partial charge in [0, 0.05) is 23.2 Å². The van der Waals surface area contributed by atoms with Gasteiger partial charge in [0.1, 0.15) is 0 Å². The fraction of sp³-hybridized carbons (Fsp3) is 0.227. The molecule has 0 saturated carbocycles. The van der Waals surface area contributed by atoms with Crippen molar-refractivity contribution in [3.8, 4) is 0 Å². The Balaban J connectivity index is 1.48. The van der Waals surface area contributed by atoms with Gasteiger partial charge in [0.05, 0.1) is 11.1 Å². The molecule has 0 aliphatic carbocycles. The first-order chi connectivity index (χ1) is 14.7. The number of carbonyl (C=O) groups excluding carboxylic acids is 1. The highest BCUT2D eigenvalue weighted by Gasteiger charge is 2.30. The average Bonchev–Trinajstić information content (AvgIpc) is 3.10. The molecule has 0 aliphatic rings. The van der Waals surface area contributed by atoms with Crippen LogP contribution in [0.3, 0.4) is 0 Å². The lowest BCUT2D eigenvalue weighted by Crippen LogP contribution is -2.13. The van der Waals surface area contributed by atoms with Gasteiger partial charge in [-0.3, -0.25) is 9.20 Å². The van der Waals surface area contributed by atoms with E-state index >= 15 is 0 Å². The number of fused-ring (bicyclic) bond motifs is 3. The number of para-hydroxylation sites is 1. The zero-order valence-electron chi connectivity index (χ0n) is 16.8. The highest BCUT2D eigenvalue weighted by Crippen LogP contribution is 2.31. The molecule has 9 heteroatoms. The number of nitrogens with one attached hydrogen (secondary N) is 1. The standard InChI is InChI=1S/C22H19F3N4OS/c1-13-5-3-8-17-14(2)11-18-27-28-21(29(18)20(13)17)31-10-9-19(30)26-16-7-4-6-15(12-16)22(23,24)25/h3-8,11-12H,9-10H2,1-2H3,(H,26,30). The molecular weight excluding hydrogens is 425 g/mol. The normalized spacial score (nSPS) is 11.9. The third-order valence-corrected chi connectivity index (χ3v) is 5.85. The van der Waals surface area contributed by atoms with Crippen LogP contribution >= 0.6 is 11.8 Å². The van der Waals surface area contributed by atoms with E-state index in [1.807, 2.05) is 42.5 Å². The molecule has 5 nitrogen and oxygen atoms in total. The Morgan fingerprint density at radius 2 is 1.84 bits per heavy atom. The first-order valence-electron chi connectivity index (χ1n) is 9.58. The van der Waals surface area contributed by atoms with Crippen LogP contribution in [-0.2, 0) is 11.0 Å². The summed E-state index contributed by atoms with van der Waals surface area (Å²) in [5.74, 6) is 0.0462. The van der Waals surface area contributed by atoms with Gasteiger partial charge in [-0.1, -0.05) is 36.0 Å². The number of anilines is 1. The molecule has 0 spiro atoms. The summed E-state index contributed by atoms with van der Waals surface area (Å²) in [4.78, 5) is 12.2. The van der Waals surface area contributed by atoms with Crippen molar-refractivity contribution in [3.63, 3.8) is 0 Å². The molecule has 160 valence electrons. The van der Waals surface area contributed by atoms with Crippen molar-refractivity contribution in [2.75, 3.05) is 11.1 Å². The second-order valence-corrected chi connectivity index (χ2v) is 8.26. The van der Waals surface area contributed by atoms with Crippen molar-refractivity contribution in [1.29, 1.82) is 0 Å². The van der Waals surface area contributed by atoms with Crippen molar-refractivity contribution in [2.45, 2.75) is 31.6 Å². The van der Waals surface area contributed by atoms with E-state index in [1.54, 1.807) is 0 Å². The molecule has 2 heterocycles. The smallest absolute Gasteiger partial charge is 0.326 e. The van der Waals surface area contributed by atoms with Gasteiger partial charge in [0.2, 0.25) is 5.91 Å². The van der Waals surface area contributed by atoms with Crippen LogP contribution in [0.25, 0.3) is 16.6 Å². The highest BCUT2D eigenvalue weighted by atomic mass is 32.2. The number of benzene rings is 2. The number of aromatic nitrogens is 3. The fourth-order valence-electron chi connectivity index (χ4n) is 3.46. The summed E-state index contributed by atoms with van der Waals surface area (Å²) >= 11 is 1.38. The number of amides is 1. The van der Waals surface area contributed by atoms with E-state index in [-0.39, 0.29) is 18.0 Å². The zero-order valence-corrected chi connectivity index (χ0v) is 17.6. The van der Waals surface area contributed by atoms with Crippen molar-refractivity contribution in [1.82, 2.24) is 14.6 Å². The van der Waals surface area contributed by atoms with Crippen LogP contribution in [0.5, 0.6) is 0 Å². The Hall–Kier alpha value is -3.07. The third-order valence-electron chi connectivity index (χ3n) is 4.92. The maximum absolute atomic E-state index is 12.8. The summed E-state index contributed by atoms with van der Waals surface area (Å²) in [6.07, 6.45) is -4.33. The predicted molar refractivity (Wildman–Crippen MR) is 115 cm³/mol. The molecule has 4 rings (SSSR count). The van der Waals surface area contributed by atoms with Crippen LogP contribution in [0.15, 0.2) is 53.7 Å². The van der Waals surface area contributed by atoms with Gasteiger partial charge in [-0.15, -0.1) is 10.2 Å². The molecule has 0 unspecified atom stereocenters. The maximum Gasteiger partial charge on any atom is 0.416 e. The van der Waals surface area contributed by atoms with E-state index in [9.17, 15) is 18.0 Å². The van der Waals surface area contributed by atoms with Gasteiger partial charge in [0.15, 0.2) is 10.8 Å². The molecular formula is C22H19F3N4OS. The molecule has 0 saturated heterocycles. The summed E-state index contributed by atoms with van der Waals surface area (Å²) in [5, 5.41) is 12.8. The van der Waals surface area contributed by atoms with Gasteiger partial charge in [-0.05, 0) is 49.2 Å². The molecule has 31 heavy (non-hydrogen) atoms. The van der Waals surface area contributed by atoms with Crippen LogP contribution in [0, 0.1) is 13.8 Å². The minimum atomic E-state index is -4.45. The number of aryl methyl sites for hydroxylation is 2. The lowest BCUT2D eigenvalue weighted by Gasteiger charge is -2.10. The SMILES string of the molecule is Cc1cc2nnc(SCCC(=O)Nc3cccc(C(F)(F)F)c3)n2c2c(C)cccc12. The Morgan fingerprint density at radius 3 is 2.61 bits per heavy atom. The molecule has 0 radical (unpaired) electrons. The van der Waals surface area contributed by atoms with E-state index < -0.39 is 11.7 Å². The quantitative estimate of drug-likeness (QED) is 0.405. The van der Waals surface area contributed by atoms with E-state index in [2.05, 4.69) is 15.5 Å². The van der Waals surface area contributed by atoms with Crippen molar-refractivity contribution in [3.05, 3.63) is 65.2 Å². The van der Waals surface area contributed by atoms with Gasteiger partial charge in [-0.2, -0.15) is 13.2 Å². The molecule has 1 N–H and O–H groups in total. The van der Waals surface area contributed by atoms with Gasteiger partial charge < -0.3 is 5.32 Å². The third kappa shape index (κ3) is 4.36. The number of nitrogens with zero attached hydrogens (tertiary/aromatic N) is 3. The lowest BCUT2D eigenvalue weighted by atomic mass is 10.1. The van der Waals surface area contributed by atoms with Crippen LogP contribution < -0.4 is 5.32 Å². The summed E-state index contributed by atoms with van der Waals surface area (Å²) in [6, 6.07) is 12.6. The monoisotopic (exact) mass is 444 g/mol. The van der Waals surface area contributed by atoms with Crippen molar-refractivity contribution >= 4 is 39.9 Å². The molecule has 2 aromatic carbocycles. The van der Waals surface area contributed by atoms with Crippen LogP contribution in [-0.4, -0.2) is 26.3 Å². The van der Waals surface area contributed by atoms with E-state index in [0.29, 0.717) is 10.9 Å². The van der Waals surface area contributed by atoms with Crippen molar-refractivity contribution < 1.29 is 18.0 Å². The first-order valence-corrected chi connectivity index (χ1v) is 10.6.